The summed E-state index contributed by atoms with van der Waals surface area (Å²) in [6, 6.07) is 7.53. The van der Waals surface area contributed by atoms with Crippen LogP contribution in [-0.4, -0.2) is 46.9 Å². The van der Waals surface area contributed by atoms with Crippen molar-refractivity contribution in [3.63, 3.8) is 0 Å². The Balaban J connectivity index is 1.53. The number of urea groups is 1. The van der Waals surface area contributed by atoms with Crippen molar-refractivity contribution in [2.45, 2.75) is 26.4 Å². The number of carbonyl (C=O) groups excluding carboxylic acids is 1. The second-order valence-corrected chi connectivity index (χ2v) is 9.49. The monoisotopic (exact) mass is 512 g/mol. The van der Waals surface area contributed by atoms with Crippen LogP contribution in [0.1, 0.15) is 19.5 Å². The van der Waals surface area contributed by atoms with E-state index in [1.165, 1.54) is 23.5 Å². The first-order valence-corrected chi connectivity index (χ1v) is 12.3. The third-order valence-electron chi connectivity index (χ3n) is 5.30. The van der Waals surface area contributed by atoms with Gasteiger partial charge in [0.15, 0.2) is 11.6 Å². The van der Waals surface area contributed by atoms with Gasteiger partial charge in [-0.05, 0) is 32.0 Å². The van der Waals surface area contributed by atoms with Gasteiger partial charge in [-0.1, -0.05) is 0 Å². The number of halogens is 1. The fourth-order valence-corrected chi connectivity index (χ4v) is 4.64. The molecule has 0 bridgehead atoms. The van der Waals surface area contributed by atoms with Gasteiger partial charge in [0.05, 0.1) is 33.6 Å². The van der Waals surface area contributed by atoms with Crippen LogP contribution in [0.5, 0.6) is 11.5 Å². The summed E-state index contributed by atoms with van der Waals surface area (Å²) in [6.07, 6.45) is 3.47. The lowest BCUT2D eigenvalue weighted by atomic mass is 10.3. The SMILES string of the molecule is COCCNCc1cnc(-c2cc3nccc(Oc4ccc(NC(=O)NC(C)C)cc4F)c3s2)n1C. The predicted molar refractivity (Wildman–Crippen MR) is 139 cm³/mol. The highest BCUT2D eigenvalue weighted by atomic mass is 32.1. The fraction of sp³-hybridized carbons (Fsp3) is 0.320. The van der Waals surface area contributed by atoms with Crippen molar-refractivity contribution in [3.05, 3.63) is 54.2 Å². The number of carbonyl (C=O) groups is 1. The highest BCUT2D eigenvalue weighted by Gasteiger charge is 2.16. The lowest BCUT2D eigenvalue weighted by molar-refractivity contribution is 0.199. The highest BCUT2D eigenvalue weighted by Crippen LogP contribution is 2.39. The van der Waals surface area contributed by atoms with Gasteiger partial charge in [-0.25, -0.2) is 14.2 Å². The van der Waals surface area contributed by atoms with Crippen LogP contribution < -0.4 is 20.7 Å². The fourth-order valence-electron chi connectivity index (χ4n) is 3.54. The molecule has 0 spiro atoms. The van der Waals surface area contributed by atoms with E-state index in [2.05, 4.69) is 25.9 Å². The van der Waals surface area contributed by atoms with E-state index in [1.807, 2.05) is 37.7 Å². The standard InChI is InChI=1S/C25H29FN6O3S/c1-15(2)30-25(33)31-16-5-6-20(18(26)11-16)35-21-7-8-28-19-12-22(36-23(19)21)24-29-14-17(32(24)3)13-27-9-10-34-4/h5-8,11-12,14-15,27H,9-10,13H2,1-4H3,(H2,30,31,33). The van der Waals surface area contributed by atoms with Crippen LogP contribution >= 0.6 is 11.3 Å². The van der Waals surface area contributed by atoms with E-state index in [1.54, 1.807) is 25.4 Å². The number of thiophene rings is 1. The van der Waals surface area contributed by atoms with Gasteiger partial charge in [0, 0.05) is 57.3 Å². The summed E-state index contributed by atoms with van der Waals surface area (Å²) in [7, 11) is 3.64. The molecule has 0 saturated carbocycles. The third kappa shape index (κ3) is 5.99. The van der Waals surface area contributed by atoms with E-state index in [0.29, 0.717) is 24.6 Å². The number of methoxy groups -OCH3 is 1. The van der Waals surface area contributed by atoms with E-state index in [-0.39, 0.29) is 11.8 Å². The number of hydrogen-bond donors (Lipinski definition) is 3. The van der Waals surface area contributed by atoms with Crippen molar-refractivity contribution < 1.29 is 18.7 Å². The van der Waals surface area contributed by atoms with E-state index in [9.17, 15) is 9.18 Å². The van der Waals surface area contributed by atoms with Crippen molar-refractivity contribution in [2.24, 2.45) is 7.05 Å². The van der Waals surface area contributed by atoms with Gasteiger partial charge in [-0.3, -0.25) is 4.98 Å². The Kier molecular flexibility index (Phi) is 8.14. The number of ether oxygens (including phenoxy) is 2. The number of fused-ring (bicyclic) bond motifs is 1. The maximum Gasteiger partial charge on any atom is 0.319 e. The van der Waals surface area contributed by atoms with E-state index >= 15 is 0 Å². The van der Waals surface area contributed by atoms with Crippen LogP contribution in [0.3, 0.4) is 0 Å². The number of pyridine rings is 1. The molecule has 9 nitrogen and oxygen atoms in total. The van der Waals surface area contributed by atoms with Crippen LogP contribution in [-0.2, 0) is 18.3 Å². The molecule has 1 aromatic carbocycles. The number of anilines is 1. The Bertz CT molecular complexity index is 1350. The summed E-state index contributed by atoms with van der Waals surface area (Å²) < 4.78 is 28.6. The Hall–Kier alpha value is -3.54. The summed E-state index contributed by atoms with van der Waals surface area (Å²) in [5.41, 5.74) is 2.11. The first-order valence-electron chi connectivity index (χ1n) is 11.5. The molecule has 0 fully saturated rings. The molecule has 0 unspecified atom stereocenters. The third-order valence-corrected chi connectivity index (χ3v) is 6.43. The van der Waals surface area contributed by atoms with Gasteiger partial charge in [0.1, 0.15) is 11.6 Å². The van der Waals surface area contributed by atoms with Crippen molar-refractivity contribution in [2.75, 3.05) is 25.6 Å². The van der Waals surface area contributed by atoms with E-state index < -0.39 is 11.8 Å². The molecule has 0 aliphatic carbocycles. The number of amides is 2. The van der Waals surface area contributed by atoms with Crippen molar-refractivity contribution >= 4 is 33.3 Å². The van der Waals surface area contributed by atoms with Crippen LogP contribution in [0.2, 0.25) is 0 Å². The first-order chi connectivity index (χ1) is 17.4. The van der Waals surface area contributed by atoms with Crippen molar-refractivity contribution in [3.8, 4) is 22.2 Å². The van der Waals surface area contributed by atoms with Crippen molar-refractivity contribution in [1.29, 1.82) is 0 Å². The molecule has 3 heterocycles. The zero-order valence-corrected chi connectivity index (χ0v) is 21.4. The number of imidazole rings is 1. The van der Waals surface area contributed by atoms with Crippen LogP contribution in [0.4, 0.5) is 14.9 Å². The molecule has 190 valence electrons. The highest BCUT2D eigenvalue weighted by molar-refractivity contribution is 7.22. The molecule has 0 radical (unpaired) electrons. The number of nitrogens with one attached hydrogen (secondary N) is 3. The Labute approximate surface area is 212 Å². The van der Waals surface area contributed by atoms with Crippen LogP contribution in [0, 0.1) is 5.82 Å². The molecular weight excluding hydrogens is 483 g/mol. The smallest absolute Gasteiger partial charge is 0.319 e. The average molecular weight is 513 g/mol. The van der Waals surface area contributed by atoms with Gasteiger partial charge >= 0.3 is 6.03 Å². The zero-order valence-electron chi connectivity index (χ0n) is 20.6. The molecular formula is C25H29FN6O3S. The predicted octanol–water partition coefficient (Wildman–Crippen LogP) is 4.89. The first kappa shape index (κ1) is 25.5. The summed E-state index contributed by atoms with van der Waals surface area (Å²) in [4.78, 5) is 21.8. The quantitative estimate of drug-likeness (QED) is 0.262. The van der Waals surface area contributed by atoms with Crippen LogP contribution in [0.15, 0.2) is 42.7 Å². The number of nitrogens with zero attached hydrogens (tertiary/aromatic N) is 3. The molecule has 36 heavy (non-hydrogen) atoms. The molecule has 2 amide bonds. The number of rotatable bonds is 10. The maximum atomic E-state index is 14.8. The van der Waals surface area contributed by atoms with Gasteiger partial charge in [-0.2, -0.15) is 0 Å². The lowest BCUT2D eigenvalue weighted by Gasteiger charge is -2.12. The minimum Gasteiger partial charge on any atom is -0.453 e. The maximum absolute atomic E-state index is 14.8. The van der Waals surface area contributed by atoms with Gasteiger partial charge in [-0.15, -0.1) is 11.3 Å². The normalized spacial score (nSPS) is 11.3. The molecule has 0 aliphatic heterocycles. The summed E-state index contributed by atoms with van der Waals surface area (Å²) >= 11 is 1.48. The largest absolute Gasteiger partial charge is 0.453 e. The number of hydrogen-bond acceptors (Lipinski definition) is 7. The van der Waals surface area contributed by atoms with Gasteiger partial charge < -0.3 is 30.0 Å². The number of aromatic nitrogens is 3. The Morgan fingerprint density at radius 1 is 1.19 bits per heavy atom. The molecule has 3 aromatic heterocycles. The molecule has 3 N–H and O–H groups in total. The van der Waals surface area contributed by atoms with Gasteiger partial charge in [0.25, 0.3) is 0 Å². The van der Waals surface area contributed by atoms with E-state index in [4.69, 9.17) is 9.47 Å². The minimum atomic E-state index is -0.589. The molecule has 11 heteroatoms. The number of benzene rings is 1. The Morgan fingerprint density at radius 3 is 2.78 bits per heavy atom. The summed E-state index contributed by atoms with van der Waals surface area (Å²) in [5, 5.41) is 8.63. The molecule has 0 atom stereocenters. The molecule has 4 rings (SSSR count). The Morgan fingerprint density at radius 2 is 2.03 bits per heavy atom. The molecule has 4 aromatic rings. The second-order valence-electron chi connectivity index (χ2n) is 8.44. The van der Waals surface area contributed by atoms with Gasteiger partial charge in [0.2, 0.25) is 0 Å². The van der Waals surface area contributed by atoms with E-state index in [0.717, 1.165) is 33.2 Å². The summed E-state index contributed by atoms with van der Waals surface area (Å²) in [6.45, 7) is 5.76. The van der Waals surface area contributed by atoms with Crippen molar-refractivity contribution in [1.82, 2.24) is 25.2 Å². The summed E-state index contributed by atoms with van der Waals surface area (Å²) in [5.74, 6) is 0.764. The molecule has 0 saturated heterocycles. The average Bonchev–Trinajstić information content (AvgIpc) is 3.42. The lowest BCUT2D eigenvalue weighted by Crippen LogP contribution is -2.34. The zero-order chi connectivity index (χ0) is 25.7. The second kappa shape index (κ2) is 11.5. The molecule has 0 aliphatic rings. The van der Waals surface area contributed by atoms with Crippen LogP contribution in [0.25, 0.3) is 20.9 Å². The topological polar surface area (TPSA) is 102 Å². The minimum absolute atomic E-state index is 0.0304.